The zero-order chi connectivity index (χ0) is 10.2. The molecule has 2 aliphatic rings. The highest BCUT2D eigenvalue weighted by Crippen LogP contribution is 2.34. The molecule has 0 amide bonds. The van der Waals surface area contributed by atoms with E-state index in [0.717, 1.165) is 19.0 Å². The Morgan fingerprint density at radius 3 is 2.21 bits per heavy atom. The summed E-state index contributed by atoms with van der Waals surface area (Å²) in [6, 6.07) is 0.484. The third kappa shape index (κ3) is 1.81. The van der Waals surface area contributed by atoms with Crippen LogP contribution in [0.5, 0.6) is 0 Å². The summed E-state index contributed by atoms with van der Waals surface area (Å²) < 4.78 is 5.50. The van der Waals surface area contributed by atoms with Gasteiger partial charge < -0.3 is 4.74 Å². The molecular weight excluding hydrogens is 178 g/mol. The van der Waals surface area contributed by atoms with Gasteiger partial charge in [-0.2, -0.15) is 4.65 Å². The van der Waals surface area contributed by atoms with Crippen LogP contribution in [0.25, 0.3) is 0 Å². The Kier molecular flexibility index (Phi) is 2.82. The molecule has 2 rings (SSSR count). The van der Waals surface area contributed by atoms with E-state index in [9.17, 15) is 5.21 Å². The second kappa shape index (κ2) is 3.80. The highest BCUT2D eigenvalue weighted by Gasteiger charge is 2.50. The average Bonchev–Trinajstić information content (AvgIpc) is 2.14. The van der Waals surface area contributed by atoms with Gasteiger partial charge in [-0.25, -0.2) is 5.21 Å². The van der Waals surface area contributed by atoms with Crippen molar-refractivity contribution in [3.8, 4) is 0 Å². The fourth-order valence-electron chi connectivity index (χ4n) is 2.82. The molecule has 0 aromatic rings. The summed E-state index contributed by atoms with van der Waals surface area (Å²) in [6.07, 6.45) is 5.23. The van der Waals surface area contributed by atoms with Crippen LogP contribution < -0.4 is 0 Å². The van der Waals surface area contributed by atoms with Crippen LogP contribution in [-0.2, 0) is 4.74 Å². The summed E-state index contributed by atoms with van der Waals surface area (Å²) in [5.41, 5.74) is 0. The zero-order valence-corrected chi connectivity index (χ0v) is 9.28. The van der Waals surface area contributed by atoms with Crippen LogP contribution in [0.1, 0.15) is 32.6 Å². The van der Waals surface area contributed by atoms with Crippen molar-refractivity contribution >= 4 is 0 Å². The molecule has 0 aromatic heterocycles. The monoisotopic (exact) mass is 200 g/mol. The maximum Gasteiger partial charge on any atom is 0.160 e. The Morgan fingerprint density at radius 1 is 1.14 bits per heavy atom. The summed E-state index contributed by atoms with van der Waals surface area (Å²) in [5.74, 6) is 0.859. The van der Waals surface area contributed by atoms with E-state index < -0.39 is 0 Å². The van der Waals surface area contributed by atoms with Gasteiger partial charge in [0.1, 0.15) is 19.1 Å². The van der Waals surface area contributed by atoms with Gasteiger partial charge in [0.2, 0.25) is 0 Å². The SMILES string of the molecule is COC1C[N+](O)(C2CCC(C)CC2)C1. The first-order chi connectivity index (χ1) is 6.64. The number of quaternary nitrogens is 1. The number of hydroxylamine groups is 3. The van der Waals surface area contributed by atoms with Gasteiger partial charge in [-0.05, 0) is 18.8 Å². The molecule has 1 saturated carbocycles. The lowest BCUT2D eigenvalue weighted by molar-refractivity contribution is -1.15. The minimum absolute atomic E-state index is 0.283. The minimum Gasteiger partial charge on any atom is -0.369 e. The molecule has 0 spiro atoms. The van der Waals surface area contributed by atoms with Gasteiger partial charge in [0.05, 0.1) is 0 Å². The first kappa shape index (κ1) is 10.4. The maximum absolute atomic E-state index is 10.3. The number of ether oxygens (including phenoxy) is 1. The largest absolute Gasteiger partial charge is 0.369 e. The molecule has 2 fully saturated rings. The van der Waals surface area contributed by atoms with Crippen LogP contribution >= 0.6 is 0 Å². The van der Waals surface area contributed by atoms with Crippen LogP contribution in [0, 0.1) is 5.92 Å². The number of hydrogen-bond donors (Lipinski definition) is 1. The van der Waals surface area contributed by atoms with E-state index in [2.05, 4.69) is 6.92 Å². The van der Waals surface area contributed by atoms with Gasteiger partial charge in [-0.1, -0.05) is 6.92 Å². The smallest absolute Gasteiger partial charge is 0.160 e. The van der Waals surface area contributed by atoms with Crippen LogP contribution in [-0.4, -0.2) is 42.2 Å². The Labute approximate surface area is 86.2 Å². The highest BCUT2D eigenvalue weighted by molar-refractivity contribution is 4.75. The lowest BCUT2D eigenvalue weighted by Gasteiger charge is -2.49. The fourth-order valence-corrected chi connectivity index (χ4v) is 2.82. The average molecular weight is 200 g/mol. The van der Waals surface area contributed by atoms with Crippen molar-refractivity contribution in [1.29, 1.82) is 0 Å². The first-order valence-electron chi connectivity index (χ1n) is 5.76. The summed E-state index contributed by atoms with van der Waals surface area (Å²) in [7, 11) is 1.73. The number of methoxy groups -OCH3 is 1. The van der Waals surface area contributed by atoms with Gasteiger partial charge >= 0.3 is 0 Å². The molecule has 0 aromatic carbocycles. The van der Waals surface area contributed by atoms with Gasteiger partial charge in [0, 0.05) is 20.0 Å². The third-order valence-corrected chi connectivity index (χ3v) is 4.04. The quantitative estimate of drug-likeness (QED) is 0.689. The van der Waals surface area contributed by atoms with Crippen LogP contribution in [0.3, 0.4) is 0 Å². The highest BCUT2D eigenvalue weighted by atomic mass is 16.6. The Balaban J connectivity index is 1.84. The molecule has 1 N–H and O–H groups in total. The molecule has 14 heavy (non-hydrogen) atoms. The van der Waals surface area contributed by atoms with Crippen molar-refractivity contribution < 1.29 is 14.6 Å². The normalized spacial score (nSPS) is 48.6. The second-order valence-electron chi connectivity index (χ2n) is 5.12. The molecule has 0 atom stereocenters. The molecule has 0 unspecified atom stereocenters. The van der Waals surface area contributed by atoms with Gasteiger partial charge in [-0.15, -0.1) is 0 Å². The Hall–Kier alpha value is -0.120. The van der Waals surface area contributed by atoms with Gasteiger partial charge in [0.15, 0.2) is 6.10 Å². The van der Waals surface area contributed by atoms with Crippen molar-refractivity contribution in [2.75, 3.05) is 20.2 Å². The topological polar surface area (TPSA) is 29.5 Å². The summed E-state index contributed by atoms with van der Waals surface area (Å²) in [5, 5.41) is 10.3. The molecule has 3 heteroatoms. The fraction of sp³-hybridized carbons (Fsp3) is 1.00. The van der Waals surface area contributed by atoms with Gasteiger partial charge in [-0.3, -0.25) is 0 Å². The number of hydrogen-bond acceptors (Lipinski definition) is 2. The molecule has 1 saturated heterocycles. The van der Waals surface area contributed by atoms with E-state index in [1.54, 1.807) is 7.11 Å². The van der Waals surface area contributed by atoms with Crippen LogP contribution in [0.4, 0.5) is 0 Å². The zero-order valence-electron chi connectivity index (χ0n) is 9.28. The minimum atomic E-state index is 0.283. The standard InChI is InChI=1S/C11H22NO2/c1-9-3-5-10(6-4-9)12(13)7-11(8-12)14-2/h9-11,13H,3-8H2,1-2H3/q+1. The summed E-state index contributed by atoms with van der Waals surface area (Å²) >= 11 is 0. The second-order valence-corrected chi connectivity index (χ2v) is 5.12. The predicted octanol–water partition coefficient (Wildman–Crippen LogP) is 1.80. The molecule has 82 valence electrons. The van der Waals surface area contributed by atoms with Crippen LogP contribution in [0.15, 0.2) is 0 Å². The predicted molar refractivity (Wildman–Crippen MR) is 54.0 cm³/mol. The molecule has 1 heterocycles. The molecule has 0 radical (unpaired) electrons. The number of nitrogens with zero attached hydrogens (tertiary/aromatic N) is 1. The number of likely N-dealkylation sites (tertiary alicyclic amines) is 1. The molecule has 3 nitrogen and oxygen atoms in total. The lowest BCUT2D eigenvalue weighted by Crippen LogP contribution is -2.69. The third-order valence-electron chi connectivity index (χ3n) is 4.04. The van der Waals surface area contributed by atoms with E-state index in [1.807, 2.05) is 0 Å². The van der Waals surface area contributed by atoms with Crippen molar-refractivity contribution in [3.63, 3.8) is 0 Å². The molecule has 0 bridgehead atoms. The number of rotatable bonds is 2. The molecule has 1 aliphatic heterocycles. The van der Waals surface area contributed by atoms with E-state index >= 15 is 0 Å². The van der Waals surface area contributed by atoms with E-state index in [1.165, 1.54) is 25.7 Å². The maximum atomic E-state index is 10.3. The summed E-state index contributed by atoms with van der Waals surface area (Å²) in [4.78, 5) is 0. The summed E-state index contributed by atoms with van der Waals surface area (Å²) in [6.45, 7) is 3.91. The van der Waals surface area contributed by atoms with Crippen molar-refractivity contribution in [3.05, 3.63) is 0 Å². The van der Waals surface area contributed by atoms with Gasteiger partial charge in [0.25, 0.3) is 0 Å². The van der Waals surface area contributed by atoms with Crippen molar-refractivity contribution in [2.24, 2.45) is 5.92 Å². The lowest BCUT2D eigenvalue weighted by atomic mass is 9.85. The van der Waals surface area contributed by atoms with Crippen molar-refractivity contribution in [1.82, 2.24) is 0 Å². The Bertz CT molecular complexity index is 193. The van der Waals surface area contributed by atoms with E-state index in [0.29, 0.717) is 12.1 Å². The van der Waals surface area contributed by atoms with E-state index in [4.69, 9.17) is 4.74 Å². The van der Waals surface area contributed by atoms with Crippen LogP contribution in [0.2, 0.25) is 0 Å². The first-order valence-corrected chi connectivity index (χ1v) is 5.76. The molecular formula is C11H22NO2+. The van der Waals surface area contributed by atoms with Crippen molar-refractivity contribution in [2.45, 2.75) is 44.8 Å². The van der Waals surface area contributed by atoms with E-state index in [-0.39, 0.29) is 4.65 Å². The Morgan fingerprint density at radius 2 is 1.71 bits per heavy atom. The molecule has 1 aliphatic carbocycles.